The average molecular weight is 422 g/mol. The van der Waals surface area contributed by atoms with Crippen molar-refractivity contribution in [2.45, 2.75) is 12.5 Å². The molecule has 160 valence electrons. The highest BCUT2D eigenvalue weighted by Gasteiger charge is 2.36. The minimum absolute atomic E-state index is 0.0945. The number of hydrogen-bond acceptors (Lipinski definition) is 5. The first-order valence-corrected chi connectivity index (χ1v) is 9.67. The van der Waals surface area contributed by atoms with E-state index in [4.69, 9.17) is 9.47 Å². The normalized spacial score (nSPS) is 15.2. The third kappa shape index (κ3) is 3.89. The van der Waals surface area contributed by atoms with Gasteiger partial charge in [-0.3, -0.25) is 0 Å². The van der Waals surface area contributed by atoms with Crippen LogP contribution in [0.5, 0.6) is 11.5 Å². The number of aromatic carboxylic acids is 1. The Hall–Kier alpha value is -4.01. The first-order valence-electron chi connectivity index (χ1n) is 9.67. The third-order valence-electron chi connectivity index (χ3n) is 5.28. The summed E-state index contributed by atoms with van der Waals surface area (Å²) in [7, 11) is 3.15. The second-order valence-corrected chi connectivity index (χ2v) is 7.04. The predicted octanol–water partition coefficient (Wildman–Crippen LogP) is 3.30. The van der Waals surface area contributed by atoms with E-state index in [2.05, 4.69) is 15.3 Å². The number of H-pyrrole nitrogens is 1. The van der Waals surface area contributed by atoms with E-state index < -0.39 is 12.0 Å². The molecular weight excluding hydrogens is 400 g/mol. The van der Waals surface area contributed by atoms with Gasteiger partial charge in [0.05, 0.1) is 31.8 Å². The lowest BCUT2D eigenvalue weighted by Crippen LogP contribution is -2.43. The molecule has 4 rings (SSSR count). The van der Waals surface area contributed by atoms with Gasteiger partial charge in [0.1, 0.15) is 17.5 Å². The highest BCUT2D eigenvalue weighted by atomic mass is 16.5. The number of amides is 2. The fourth-order valence-corrected chi connectivity index (χ4v) is 3.79. The number of carbonyl (C=O) groups is 2. The Kier molecular flexibility index (Phi) is 5.48. The van der Waals surface area contributed by atoms with Crippen molar-refractivity contribution in [3.05, 3.63) is 71.3 Å². The quantitative estimate of drug-likeness (QED) is 0.581. The second-order valence-electron chi connectivity index (χ2n) is 7.04. The van der Waals surface area contributed by atoms with Gasteiger partial charge in [-0.1, -0.05) is 6.07 Å². The third-order valence-corrected chi connectivity index (χ3v) is 5.28. The van der Waals surface area contributed by atoms with E-state index in [1.54, 1.807) is 49.7 Å². The molecule has 2 aromatic carbocycles. The molecule has 9 nitrogen and oxygen atoms in total. The van der Waals surface area contributed by atoms with Crippen molar-refractivity contribution in [2.75, 3.05) is 26.1 Å². The van der Waals surface area contributed by atoms with E-state index in [-0.39, 0.29) is 11.6 Å². The SMILES string of the molecule is COc1ccc(OC)c([C@H]2c3nc[nH]c3CCN2C(=O)Nc2cccc(C(=O)O)c2)c1. The number of hydrogen-bond donors (Lipinski definition) is 3. The molecule has 1 aliphatic heterocycles. The van der Waals surface area contributed by atoms with E-state index in [1.807, 2.05) is 6.07 Å². The molecule has 31 heavy (non-hydrogen) atoms. The van der Waals surface area contributed by atoms with Crippen molar-refractivity contribution in [1.82, 2.24) is 14.9 Å². The van der Waals surface area contributed by atoms with Crippen molar-refractivity contribution in [2.24, 2.45) is 0 Å². The highest BCUT2D eigenvalue weighted by molar-refractivity contribution is 5.93. The Morgan fingerprint density at radius 3 is 2.77 bits per heavy atom. The number of carbonyl (C=O) groups excluding carboxylic acids is 1. The van der Waals surface area contributed by atoms with Crippen LogP contribution in [0.3, 0.4) is 0 Å². The van der Waals surface area contributed by atoms with Crippen LogP contribution in [0.1, 0.15) is 33.4 Å². The Morgan fingerprint density at radius 2 is 2.03 bits per heavy atom. The molecule has 9 heteroatoms. The molecule has 3 aromatic rings. The number of aromatic amines is 1. The molecule has 0 saturated heterocycles. The summed E-state index contributed by atoms with van der Waals surface area (Å²) in [5.41, 5.74) is 2.91. The molecule has 0 aliphatic carbocycles. The van der Waals surface area contributed by atoms with Gasteiger partial charge in [0.25, 0.3) is 0 Å². The molecular formula is C22H22N4O5. The van der Waals surface area contributed by atoms with Gasteiger partial charge in [0, 0.05) is 29.9 Å². The van der Waals surface area contributed by atoms with Gasteiger partial charge in [-0.15, -0.1) is 0 Å². The number of aromatic nitrogens is 2. The summed E-state index contributed by atoms with van der Waals surface area (Å²) < 4.78 is 10.9. The molecule has 0 bridgehead atoms. The highest BCUT2D eigenvalue weighted by Crippen LogP contribution is 2.39. The first-order chi connectivity index (χ1) is 15.0. The lowest BCUT2D eigenvalue weighted by Gasteiger charge is -2.36. The number of methoxy groups -OCH3 is 2. The maximum absolute atomic E-state index is 13.3. The molecule has 3 N–H and O–H groups in total. The first kappa shape index (κ1) is 20.3. The van der Waals surface area contributed by atoms with Gasteiger partial charge in [-0.05, 0) is 36.4 Å². The van der Waals surface area contributed by atoms with Gasteiger partial charge in [-0.25, -0.2) is 14.6 Å². The van der Waals surface area contributed by atoms with E-state index in [0.717, 1.165) is 17.0 Å². The van der Waals surface area contributed by atoms with Crippen LogP contribution in [-0.4, -0.2) is 52.7 Å². The monoisotopic (exact) mass is 422 g/mol. The van der Waals surface area contributed by atoms with Crippen LogP contribution in [-0.2, 0) is 6.42 Å². The van der Waals surface area contributed by atoms with Crippen molar-refractivity contribution >= 4 is 17.7 Å². The minimum Gasteiger partial charge on any atom is -0.497 e. The summed E-state index contributed by atoms with van der Waals surface area (Å²) in [5.74, 6) is 0.175. The molecule has 0 radical (unpaired) electrons. The molecule has 0 unspecified atom stereocenters. The predicted molar refractivity (Wildman–Crippen MR) is 113 cm³/mol. The molecule has 0 saturated carbocycles. The van der Waals surface area contributed by atoms with Crippen molar-refractivity contribution in [3.8, 4) is 11.5 Å². The van der Waals surface area contributed by atoms with E-state index >= 15 is 0 Å². The summed E-state index contributed by atoms with van der Waals surface area (Å²) in [6.45, 7) is 0.435. The second kappa shape index (κ2) is 8.39. The largest absolute Gasteiger partial charge is 0.497 e. The Morgan fingerprint density at radius 1 is 1.19 bits per heavy atom. The van der Waals surface area contributed by atoms with Crippen molar-refractivity contribution in [1.29, 1.82) is 0 Å². The topological polar surface area (TPSA) is 117 Å². The number of urea groups is 1. The number of carboxylic acid groups (broad SMARTS) is 1. The number of ether oxygens (including phenoxy) is 2. The number of nitrogens with one attached hydrogen (secondary N) is 2. The number of imidazole rings is 1. The van der Waals surface area contributed by atoms with Crippen molar-refractivity contribution < 1.29 is 24.2 Å². The Bertz CT molecular complexity index is 1130. The van der Waals surface area contributed by atoms with Gasteiger partial charge in [0.2, 0.25) is 0 Å². The molecule has 1 aliphatic rings. The van der Waals surface area contributed by atoms with Crippen LogP contribution in [0.15, 0.2) is 48.8 Å². The average Bonchev–Trinajstić information content (AvgIpc) is 3.27. The smallest absolute Gasteiger partial charge is 0.335 e. The van der Waals surface area contributed by atoms with Gasteiger partial charge in [0.15, 0.2) is 0 Å². The number of benzene rings is 2. The molecule has 2 heterocycles. The molecule has 1 atom stereocenters. The van der Waals surface area contributed by atoms with E-state index in [1.165, 1.54) is 12.1 Å². The van der Waals surface area contributed by atoms with E-state index in [0.29, 0.717) is 30.2 Å². The Balaban J connectivity index is 1.72. The number of fused-ring (bicyclic) bond motifs is 1. The van der Waals surface area contributed by atoms with Crippen LogP contribution in [0, 0.1) is 0 Å². The van der Waals surface area contributed by atoms with Crippen LogP contribution >= 0.6 is 0 Å². The fourth-order valence-electron chi connectivity index (χ4n) is 3.79. The number of carboxylic acids is 1. The number of nitrogens with zero attached hydrogens (tertiary/aromatic N) is 2. The van der Waals surface area contributed by atoms with Gasteiger partial charge < -0.3 is 29.8 Å². The standard InChI is InChI=1S/C22H22N4O5/c1-30-15-6-7-18(31-2)16(11-15)20-19-17(23-12-24-19)8-9-26(20)22(29)25-14-5-3-4-13(10-14)21(27)28/h3-7,10-12,20H,8-9H2,1-2H3,(H,23,24)(H,25,29)(H,27,28)/t20-/m0/s1. The molecule has 1 aromatic heterocycles. The van der Waals surface area contributed by atoms with Gasteiger partial charge >= 0.3 is 12.0 Å². The maximum Gasteiger partial charge on any atom is 0.335 e. The van der Waals surface area contributed by atoms with Crippen molar-refractivity contribution in [3.63, 3.8) is 0 Å². The zero-order chi connectivity index (χ0) is 22.0. The summed E-state index contributed by atoms with van der Waals surface area (Å²) in [6.07, 6.45) is 2.22. The lowest BCUT2D eigenvalue weighted by molar-refractivity contribution is 0.0697. The number of anilines is 1. The summed E-state index contributed by atoms with van der Waals surface area (Å²) in [5, 5.41) is 12.0. The molecule has 0 spiro atoms. The lowest BCUT2D eigenvalue weighted by atomic mass is 9.95. The van der Waals surface area contributed by atoms with Crippen LogP contribution in [0.25, 0.3) is 0 Å². The summed E-state index contributed by atoms with van der Waals surface area (Å²) in [4.78, 5) is 33.8. The fraction of sp³-hybridized carbons (Fsp3) is 0.227. The maximum atomic E-state index is 13.3. The molecule has 2 amide bonds. The Labute approximate surface area is 178 Å². The summed E-state index contributed by atoms with van der Waals surface area (Å²) in [6, 6.07) is 10.7. The molecule has 0 fully saturated rings. The number of rotatable bonds is 5. The zero-order valence-electron chi connectivity index (χ0n) is 17.1. The zero-order valence-corrected chi connectivity index (χ0v) is 17.1. The van der Waals surface area contributed by atoms with Crippen LogP contribution in [0.2, 0.25) is 0 Å². The van der Waals surface area contributed by atoms with Gasteiger partial charge in [-0.2, -0.15) is 0 Å². The minimum atomic E-state index is -1.06. The van der Waals surface area contributed by atoms with E-state index in [9.17, 15) is 14.7 Å². The van der Waals surface area contributed by atoms with Crippen LogP contribution in [0.4, 0.5) is 10.5 Å². The van der Waals surface area contributed by atoms with Crippen LogP contribution < -0.4 is 14.8 Å². The summed E-state index contributed by atoms with van der Waals surface area (Å²) >= 11 is 0.